The van der Waals surface area contributed by atoms with Gasteiger partial charge in [0.05, 0.1) is 12.2 Å². The zero-order valence-electron chi connectivity index (χ0n) is 10.7. The number of esters is 1. The van der Waals surface area contributed by atoms with Crippen molar-refractivity contribution in [3.05, 3.63) is 34.3 Å². The van der Waals surface area contributed by atoms with Crippen molar-refractivity contribution in [1.29, 1.82) is 0 Å². The molecule has 0 aliphatic carbocycles. The summed E-state index contributed by atoms with van der Waals surface area (Å²) in [6.07, 6.45) is -4.94. The van der Waals surface area contributed by atoms with Crippen LogP contribution in [0.1, 0.15) is 24.1 Å². The molecule has 0 aliphatic rings. The zero-order chi connectivity index (χ0) is 16.4. The fourth-order valence-corrected chi connectivity index (χ4v) is 1.77. The largest absolute Gasteiger partial charge is 0.462 e. The first kappa shape index (κ1) is 17.6. The average molecular weight is 332 g/mol. The van der Waals surface area contributed by atoms with Gasteiger partial charge in [-0.3, -0.25) is 0 Å². The lowest BCUT2D eigenvalue weighted by atomic mass is 9.96. The first-order valence-corrected chi connectivity index (χ1v) is 6.06. The maximum atomic E-state index is 13.8. The van der Waals surface area contributed by atoms with Crippen molar-refractivity contribution in [2.75, 3.05) is 6.61 Å². The summed E-state index contributed by atoms with van der Waals surface area (Å²) in [6.45, 7) is 0.927. The molecule has 0 amide bonds. The molecule has 2 N–H and O–H groups in total. The molecule has 21 heavy (non-hydrogen) atoms. The van der Waals surface area contributed by atoms with Crippen molar-refractivity contribution in [3.63, 3.8) is 0 Å². The van der Waals surface area contributed by atoms with E-state index in [0.717, 1.165) is 6.07 Å². The van der Waals surface area contributed by atoms with Gasteiger partial charge in [-0.15, -0.1) is 0 Å². The molecule has 3 nitrogen and oxygen atoms in total. The second-order valence-corrected chi connectivity index (χ2v) is 4.49. The number of hydrogen-bond donors (Lipinski definition) is 1. The minimum atomic E-state index is -4.94. The van der Waals surface area contributed by atoms with E-state index in [2.05, 4.69) is 4.74 Å². The van der Waals surface area contributed by atoms with Gasteiger partial charge in [0.1, 0.15) is 6.04 Å². The third kappa shape index (κ3) is 3.82. The predicted octanol–water partition coefficient (Wildman–Crippen LogP) is 3.56. The molecule has 1 atom stereocenters. The summed E-state index contributed by atoms with van der Waals surface area (Å²) < 4.78 is 70.2. The van der Waals surface area contributed by atoms with Crippen LogP contribution in [0.25, 0.3) is 0 Å². The van der Waals surface area contributed by atoms with Gasteiger partial charge < -0.3 is 10.5 Å². The molecular weight excluding hydrogens is 321 g/mol. The molecular formula is C12H11ClF5NO2. The first-order valence-electron chi connectivity index (χ1n) is 5.69. The van der Waals surface area contributed by atoms with Crippen LogP contribution in [0.2, 0.25) is 5.02 Å². The van der Waals surface area contributed by atoms with Gasteiger partial charge in [0.25, 0.3) is 0 Å². The Labute approximate surface area is 121 Å². The van der Waals surface area contributed by atoms with E-state index in [1.165, 1.54) is 6.92 Å². The number of nitrogens with two attached hydrogens (primary N) is 1. The highest BCUT2D eigenvalue weighted by molar-refractivity contribution is 6.30. The van der Waals surface area contributed by atoms with Crippen LogP contribution in [0.4, 0.5) is 22.0 Å². The summed E-state index contributed by atoms with van der Waals surface area (Å²) in [7, 11) is 0. The Morgan fingerprint density at radius 2 is 1.90 bits per heavy atom. The molecule has 118 valence electrons. The third-order valence-corrected chi connectivity index (χ3v) is 2.83. The maximum absolute atomic E-state index is 13.8. The van der Waals surface area contributed by atoms with Crippen molar-refractivity contribution >= 4 is 17.6 Å². The van der Waals surface area contributed by atoms with Crippen LogP contribution in [0.3, 0.4) is 0 Å². The predicted molar refractivity (Wildman–Crippen MR) is 65.0 cm³/mol. The molecule has 0 unspecified atom stereocenters. The van der Waals surface area contributed by atoms with Crippen molar-refractivity contribution < 1.29 is 31.5 Å². The van der Waals surface area contributed by atoms with Crippen molar-refractivity contribution in [2.45, 2.75) is 25.1 Å². The molecule has 1 aromatic carbocycles. The van der Waals surface area contributed by atoms with Gasteiger partial charge in [-0.25, -0.2) is 4.79 Å². The van der Waals surface area contributed by atoms with E-state index < -0.39 is 35.2 Å². The number of rotatable bonds is 4. The van der Waals surface area contributed by atoms with Crippen molar-refractivity contribution in [3.8, 4) is 0 Å². The van der Waals surface area contributed by atoms with E-state index in [0.29, 0.717) is 12.1 Å². The minimum absolute atomic E-state index is 0.294. The summed E-state index contributed by atoms with van der Waals surface area (Å²) in [5.41, 5.74) is 2.79. The topological polar surface area (TPSA) is 52.3 Å². The maximum Gasteiger partial charge on any atom is 0.416 e. The van der Waals surface area contributed by atoms with Crippen LogP contribution < -0.4 is 5.73 Å². The van der Waals surface area contributed by atoms with E-state index >= 15 is 0 Å². The van der Waals surface area contributed by atoms with Gasteiger partial charge in [-0.05, 0) is 24.6 Å². The monoisotopic (exact) mass is 331 g/mol. The van der Waals surface area contributed by atoms with Gasteiger partial charge in [0.15, 0.2) is 0 Å². The molecule has 0 heterocycles. The average Bonchev–Trinajstić information content (AvgIpc) is 2.37. The highest BCUT2D eigenvalue weighted by atomic mass is 35.5. The molecule has 0 radical (unpaired) electrons. The quantitative estimate of drug-likeness (QED) is 0.678. The Bertz CT molecular complexity index is 533. The molecule has 0 aromatic heterocycles. The number of halogens is 6. The van der Waals surface area contributed by atoms with Crippen LogP contribution in [0.5, 0.6) is 0 Å². The third-order valence-electron chi connectivity index (χ3n) is 2.59. The summed E-state index contributed by atoms with van der Waals surface area (Å²) >= 11 is 5.43. The number of ether oxygens (including phenoxy) is 1. The van der Waals surface area contributed by atoms with Crippen LogP contribution in [0.15, 0.2) is 18.2 Å². The number of carbonyl (C=O) groups is 1. The van der Waals surface area contributed by atoms with Crippen LogP contribution in [-0.2, 0) is 15.7 Å². The number of alkyl halides is 5. The second-order valence-electron chi connectivity index (χ2n) is 4.05. The molecule has 9 heteroatoms. The Kier molecular flexibility index (Phi) is 5.16. The molecule has 0 spiro atoms. The highest BCUT2D eigenvalue weighted by Crippen LogP contribution is 2.40. The van der Waals surface area contributed by atoms with E-state index in [4.69, 9.17) is 17.3 Å². The molecule has 0 saturated carbocycles. The van der Waals surface area contributed by atoms with Crippen LogP contribution >= 0.6 is 11.6 Å². The molecule has 1 rings (SSSR count). The van der Waals surface area contributed by atoms with Gasteiger partial charge in [-0.1, -0.05) is 17.7 Å². The molecule has 1 aromatic rings. The lowest BCUT2D eigenvalue weighted by Gasteiger charge is -2.24. The SMILES string of the molecule is CCOC(=O)C(F)(F)[C@H](N)c1ccc(Cl)cc1C(F)(F)F. The first-order chi connectivity index (χ1) is 9.51. The van der Waals surface area contributed by atoms with Crippen LogP contribution in [-0.4, -0.2) is 18.5 Å². The summed E-state index contributed by atoms with van der Waals surface area (Å²) in [5, 5.41) is -0.294. The molecule has 0 aliphatic heterocycles. The van der Waals surface area contributed by atoms with E-state index in [-0.39, 0.29) is 11.6 Å². The minimum Gasteiger partial charge on any atom is -0.462 e. The second kappa shape index (κ2) is 6.15. The van der Waals surface area contributed by atoms with E-state index in [1.807, 2.05) is 0 Å². The molecule has 0 fully saturated rings. The van der Waals surface area contributed by atoms with Crippen LogP contribution in [0, 0.1) is 0 Å². The Balaban J connectivity index is 3.30. The summed E-state index contributed by atoms with van der Waals surface area (Å²) in [6, 6.07) is -0.348. The smallest absolute Gasteiger partial charge is 0.416 e. The van der Waals surface area contributed by atoms with Gasteiger partial charge in [0, 0.05) is 5.02 Å². The van der Waals surface area contributed by atoms with E-state index in [1.54, 1.807) is 0 Å². The highest BCUT2D eigenvalue weighted by Gasteiger charge is 2.50. The van der Waals surface area contributed by atoms with Gasteiger partial charge in [0.2, 0.25) is 0 Å². The standard InChI is InChI=1S/C12H11ClF5NO2/c1-2-21-10(20)11(14,15)9(19)7-4-3-6(13)5-8(7)12(16,17)18/h3-5,9H,2,19H2,1H3/t9-/m1/s1. The van der Waals surface area contributed by atoms with E-state index in [9.17, 15) is 26.7 Å². The number of carbonyl (C=O) groups excluding carboxylic acids is 1. The number of benzene rings is 1. The van der Waals surface area contributed by atoms with Crippen molar-refractivity contribution in [1.82, 2.24) is 0 Å². The molecule has 0 saturated heterocycles. The Hall–Kier alpha value is -1.41. The normalized spacial score (nSPS) is 13.9. The lowest BCUT2D eigenvalue weighted by molar-refractivity contribution is -0.175. The summed E-state index contributed by atoms with van der Waals surface area (Å²) in [4.78, 5) is 11.1. The Morgan fingerprint density at radius 3 is 2.38 bits per heavy atom. The fraction of sp³-hybridized carbons (Fsp3) is 0.417. The fourth-order valence-electron chi connectivity index (χ4n) is 1.59. The lowest BCUT2D eigenvalue weighted by Crippen LogP contribution is -2.42. The van der Waals surface area contributed by atoms with Gasteiger partial charge >= 0.3 is 18.1 Å². The zero-order valence-corrected chi connectivity index (χ0v) is 11.4. The molecule has 0 bridgehead atoms. The Morgan fingerprint density at radius 1 is 1.33 bits per heavy atom. The van der Waals surface area contributed by atoms with Crippen molar-refractivity contribution in [2.24, 2.45) is 5.73 Å². The number of hydrogen-bond acceptors (Lipinski definition) is 3. The van der Waals surface area contributed by atoms with Gasteiger partial charge in [-0.2, -0.15) is 22.0 Å². The summed E-state index contributed by atoms with van der Waals surface area (Å²) in [5.74, 6) is -6.29.